The predicted octanol–water partition coefficient (Wildman–Crippen LogP) is 1.76. The van der Waals surface area contributed by atoms with E-state index in [9.17, 15) is 4.79 Å². The molecule has 0 aliphatic rings. The van der Waals surface area contributed by atoms with Gasteiger partial charge in [-0.25, -0.2) is 4.98 Å². The molecular weight excluding hydrogens is 413 g/mol. The summed E-state index contributed by atoms with van der Waals surface area (Å²) in [6, 6.07) is 0. The van der Waals surface area contributed by atoms with Gasteiger partial charge in [0.2, 0.25) is 5.91 Å². The maximum atomic E-state index is 11.7. The molecular formula is C14H26IN5OS. The number of aryl methyl sites for hydroxylation is 1. The van der Waals surface area contributed by atoms with E-state index in [0.717, 1.165) is 11.4 Å². The van der Waals surface area contributed by atoms with Gasteiger partial charge < -0.3 is 16.0 Å². The first-order valence-corrected chi connectivity index (χ1v) is 7.85. The number of rotatable bonds is 6. The number of nitrogens with zero attached hydrogens (tertiary/aromatic N) is 2. The van der Waals surface area contributed by atoms with E-state index in [0.29, 0.717) is 19.0 Å². The third kappa shape index (κ3) is 6.47. The summed E-state index contributed by atoms with van der Waals surface area (Å²) in [5, 5.41) is 10.1. The lowest BCUT2D eigenvalue weighted by Crippen LogP contribution is -2.47. The Morgan fingerprint density at radius 2 is 2.09 bits per heavy atom. The van der Waals surface area contributed by atoms with Crippen LogP contribution in [-0.4, -0.2) is 37.5 Å². The van der Waals surface area contributed by atoms with Gasteiger partial charge in [0.25, 0.3) is 0 Å². The number of hydrogen-bond acceptors (Lipinski definition) is 4. The summed E-state index contributed by atoms with van der Waals surface area (Å²) in [5.74, 6) is 0.665. The van der Waals surface area contributed by atoms with E-state index in [1.807, 2.05) is 20.0 Å². The molecule has 0 fully saturated rings. The van der Waals surface area contributed by atoms with Crippen molar-refractivity contribution in [3.05, 3.63) is 16.1 Å². The summed E-state index contributed by atoms with van der Waals surface area (Å²) in [6.07, 6.45) is 2.91. The second kappa shape index (κ2) is 9.98. The number of carbonyl (C=O) groups excluding carboxylic acids is 1. The van der Waals surface area contributed by atoms with Gasteiger partial charge in [-0.1, -0.05) is 6.92 Å². The maximum Gasteiger partial charge on any atom is 0.227 e. The molecule has 0 radical (unpaired) electrons. The van der Waals surface area contributed by atoms with Crippen molar-refractivity contribution in [2.45, 2.75) is 33.7 Å². The van der Waals surface area contributed by atoms with Crippen LogP contribution in [0.25, 0.3) is 0 Å². The monoisotopic (exact) mass is 439 g/mol. The first-order valence-electron chi connectivity index (χ1n) is 7.03. The average Bonchev–Trinajstić information content (AvgIpc) is 2.94. The maximum absolute atomic E-state index is 11.7. The van der Waals surface area contributed by atoms with Gasteiger partial charge in [0, 0.05) is 31.7 Å². The Morgan fingerprint density at radius 3 is 2.59 bits per heavy atom. The van der Waals surface area contributed by atoms with Crippen LogP contribution in [-0.2, 0) is 17.8 Å². The zero-order chi connectivity index (χ0) is 15.9. The molecule has 0 bridgehead atoms. The summed E-state index contributed by atoms with van der Waals surface area (Å²) >= 11 is 1.70. The smallest absolute Gasteiger partial charge is 0.227 e. The minimum Gasteiger partial charge on any atom is -0.359 e. The van der Waals surface area contributed by atoms with E-state index >= 15 is 0 Å². The van der Waals surface area contributed by atoms with Gasteiger partial charge >= 0.3 is 0 Å². The molecule has 8 heteroatoms. The van der Waals surface area contributed by atoms with Crippen molar-refractivity contribution in [1.29, 1.82) is 0 Å². The highest BCUT2D eigenvalue weighted by Gasteiger charge is 2.26. The van der Waals surface area contributed by atoms with Crippen LogP contribution in [0.5, 0.6) is 0 Å². The van der Waals surface area contributed by atoms with Crippen LogP contribution in [0, 0.1) is 5.41 Å². The van der Waals surface area contributed by atoms with Crippen LogP contribution in [0.1, 0.15) is 30.7 Å². The number of halogens is 1. The average molecular weight is 439 g/mol. The highest BCUT2D eigenvalue weighted by molar-refractivity contribution is 14.0. The Kier molecular flexibility index (Phi) is 9.58. The predicted molar refractivity (Wildman–Crippen MR) is 103 cm³/mol. The summed E-state index contributed by atoms with van der Waals surface area (Å²) in [7, 11) is 3.35. The second-order valence-corrected chi connectivity index (χ2v) is 6.52. The summed E-state index contributed by atoms with van der Waals surface area (Å²) < 4.78 is 0. The van der Waals surface area contributed by atoms with Gasteiger partial charge in [0.05, 0.1) is 12.0 Å². The highest BCUT2D eigenvalue weighted by Crippen LogP contribution is 2.14. The van der Waals surface area contributed by atoms with Crippen LogP contribution in [0.2, 0.25) is 0 Å². The van der Waals surface area contributed by atoms with Gasteiger partial charge in [-0.05, 0) is 20.3 Å². The Hall–Kier alpha value is -0.900. The lowest BCUT2D eigenvalue weighted by molar-refractivity contribution is -0.128. The lowest BCUT2D eigenvalue weighted by Gasteiger charge is -2.24. The summed E-state index contributed by atoms with van der Waals surface area (Å²) in [6.45, 7) is 7.03. The van der Waals surface area contributed by atoms with E-state index in [1.165, 1.54) is 4.88 Å². The zero-order valence-electron chi connectivity index (χ0n) is 13.8. The number of aromatic nitrogens is 1. The van der Waals surface area contributed by atoms with Crippen molar-refractivity contribution < 1.29 is 4.79 Å². The molecule has 22 heavy (non-hydrogen) atoms. The number of hydrogen-bond donors (Lipinski definition) is 3. The van der Waals surface area contributed by atoms with Crippen molar-refractivity contribution in [2.75, 3.05) is 20.6 Å². The fraction of sp³-hybridized carbons (Fsp3) is 0.643. The third-order valence-electron chi connectivity index (χ3n) is 3.12. The number of carbonyl (C=O) groups is 1. The molecule has 6 nitrogen and oxygen atoms in total. The molecule has 0 aliphatic heterocycles. The zero-order valence-corrected chi connectivity index (χ0v) is 17.0. The van der Waals surface area contributed by atoms with Gasteiger partial charge in [-0.2, -0.15) is 0 Å². The quantitative estimate of drug-likeness (QED) is 0.359. The minimum atomic E-state index is -0.497. The van der Waals surface area contributed by atoms with Gasteiger partial charge in [0.1, 0.15) is 5.01 Å². The molecule has 1 heterocycles. The third-order valence-corrected chi connectivity index (χ3v) is 4.26. The van der Waals surface area contributed by atoms with Crippen molar-refractivity contribution in [3.8, 4) is 0 Å². The van der Waals surface area contributed by atoms with Gasteiger partial charge in [-0.3, -0.25) is 9.79 Å². The lowest BCUT2D eigenvalue weighted by atomic mass is 9.92. The minimum absolute atomic E-state index is 0. The fourth-order valence-electron chi connectivity index (χ4n) is 1.70. The Bertz CT molecular complexity index is 501. The fourth-order valence-corrected chi connectivity index (χ4v) is 2.50. The van der Waals surface area contributed by atoms with Gasteiger partial charge in [0.15, 0.2) is 5.96 Å². The Morgan fingerprint density at radius 1 is 1.41 bits per heavy atom. The summed E-state index contributed by atoms with van der Waals surface area (Å²) in [5.41, 5.74) is -0.497. The number of nitrogens with one attached hydrogen (secondary N) is 3. The molecule has 0 spiro atoms. The molecule has 3 N–H and O–H groups in total. The van der Waals surface area contributed by atoms with Gasteiger partial charge in [-0.15, -0.1) is 35.3 Å². The number of aliphatic imine (C=N–C) groups is 1. The van der Waals surface area contributed by atoms with E-state index < -0.39 is 5.41 Å². The molecule has 0 aromatic carbocycles. The van der Waals surface area contributed by atoms with Crippen molar-refractivity contribution >= 4 is 47.2 Å². The highest BCUT2D eigenvalue weighted by atomic mass is 127. The van der Waals surface area contributed by atoms with Crippen LogP contribution in [0.15, 0.2) is 11.2 Å². The topological polar surface area (TPSA) is 78.4 Å². The van der Waals surface area contributed by atoms with Crippen LogP contribution < -0.4 is 16.0 Å². The standard InChI is InChI=1S/C14H25N5OS.HI/c1-6-10-7-17-11(21-10)8-18-13(16-5)19-9-14(2,3)12(20)15-4;/h7H,6,8-9H2,1-5H3,(H,15,20)(H2,16,18,19);1H. The number of thiazole rings is 1. The molecule has 1 amide bonds. The first-order chi connectivity index (χ1) is 9.92. The second-order valence-electron chi connectivity index (χ2n) is 5.32. The van der Waals surface area contributed by atoms with Crippen molar-refractivity contribution in [3.63, 3.8) is 0 Å². The molecule has 0 aliphatic carbocycles. The van der Waals surface area contributed by atoms with Crippen LogP contribution in [0.4, 0.5) is 0 Å². The molecule has 1 rings (SSSR count). The normalized spacial score (nSPS) is 11.6. The van der Waals surface area contributed by atoms with Crippen molar-refractivity contribution in [1.82, 2.24) is 20.9 Å². The molecule has 0 saturated heterocycles. The molecule has 1 aromatic heterocycles. The molecule has 126 valence electrons. The SMILES string of the molecule is CCc1cnc(CNC(=NC)NCC(C)(C)C(=O)NC)s1.I. The molecule has 0 atom stereocenters. The number of guanidine groups is 1. The van der Waals surface area contributed by atoms with E-state index in [4.69, 9.17) is 0 Å². The van der Waals surface area contributed by atoms with E-state index in [1.54, 1.807) is 25.4 Å². The Balaban J connectivity index is 0.00000441. The van der Waals surface area contributed by atoms with Crippen LogP contribution in [0.3, 0.4) is 0 Å². The molecule has 0 unspecified atom stereocenters. The number of amides is 1. The largest absolute Gasteiger partial charge is 0.359 e. The Labute approximate surface area is 153 Å². The molecule has 0 saturated carbocycles. The van der Waals surface area contributed by atoms with E-state index in [-0.39, 0.29) is 29.9 Å². The van der Waals surface area contributed by atoms with Crippen LogP contribution >= 0.6 is 35.3 Å². The van der Waals surface area contributed by atoms with E-state index in [2.05, 4.69) is 32.9 Å². The van der Waals surface area contributed by atoms with Crippen molar-refractivity contribution in [2.24, 2.45) is 10.4 Å². The first kappa shape index (κ1) is 21.1. The summed E-state index contributed by atoms with van der Waals surface area (Å²) in [4.78, 5) is 21.5. The molecule has 1 aromatic rings.